The Labute approximate surface area is 95.3 Å². The molecule has 94 valence electrons. The zero-order valence-corrected chi connectivity index (χ0v) is 10.4. The summed E-state index contributed by atoms with van der Waals surface area (Å²) in [5.41, 5.74) is 0.125. The van der Waals surface area contributed by atoms with Crippen molar-refractivity contribution in [3.05, 3.63) is 12.2 Å². The monoisotopic (exact) mass is 252 g/mol. The molecule has 0 aliphatic rings. The van der Waals surface area contributed by atoms with E-state index >= 15 is 0 Å². The molecule has 0 fully saturated rings. The molecular weight excluding hydrogens is 236 g/mol. The summed E-state index contributed by atoms with van der Waals surface area (Å²) in [6, 6.07) is 0. The third-order valence-electron chi connectivity index (χ3n) is 1.40. The molecule has 0 rings (SSSR count). The first-order chi connectivity index (χ1) is 7.28. The Morgan fingerprint density at radius 2 is 2.00 bits per heavy atom. The largest absolute Gasteiger partial charge is 0.443 e. The first-order valence-corrected chi connectivity index (χ1v) is 6.08. The maximum absolute atomic E-state index is 11.3. The van der Waals surface area contributed by atoms with Gasteiger partial charge in [-0.2, -0.15) is 8.42 Å². The van der Waals surface area contributed by atoms with Crippen LogP contribution in [0.2, 0.25) is 0 Å². The molecule has 7 heteroatoms. The van der Waals surface area contributed by atoms with Crippen LogP contribution in [0.1, 0.15) is 13.8 Å². The van der Waals surface area contributed by atoms with Crippen LogP contribution in [0, 0.1) is 0 Å². The summed E-state index contributed by atoms with van der Waals surface area (Å²) < 4.78 is 36.3. The highest BCUT2D eigenvalue weighted by molar-refractivity contribution is 7.86. The van der Waals surface area contributed by atoms with E-state index < -0.39 is 28.1 Å². The lowest BCUT2D eigenvalue weighted by atomic mass is 10.4. The van der Waals surface area contributed by atoms with Gasteiger partial charge in [-0.05, 0) is 13.8 Å². The van der Waals surface area contributed by atoms with Gasteiger partial charge in [0.1, 0.15) is 0 Å². The van der Waals surface area contributed by atoms with Crippen LogP contribution in [0.4, 0.5) is 0 Å². The van der Waals surface area contributed by atoms with Crippen LogP contribution in [0.25, 0.3) is 0 Å². The van der Waals surface area contributed by atoms with Crippen molar-refractivity contribution in [3.63, 3.8) is 0 Å². The van der Waals surface area contributed by atoms with Crippen molar-refractivity contribution in [1.82, 2.24) is 0 Å². The third-order valence-corrected chi connectivity index (χ3v) is 2.42. The van der Waals surface area contributed by atoms with Gasteiger partial charge in [0.25, 0.3) is 0 Å². The minimum absolute atomic E-state index is 0.125. The third kappa shape index (κ3) is 6.54. The molecule has 1 unspecified atom stereocenters. The summed E-state index contributed by atoms with van der Waals surface area (Å²) in [4.78, 5) is 10.9. The number of methoxy groups -OCH3 is 1. The van der Waals surface area contributed by atoms with E-state index in [0.717, 1.165) is 0 Å². The fourth-order valence-corrected chi connectivity index (χ4v) is 1.65. The van der Waals surface area contributed by atoms with Gasteiger partial charge < -0.3 is 9.47 Å². The number of hydrogen-bond donors (Lipinski definition) is 0. The van der Waals surface area contributed by atoms with Gasteiger partial charge in [0.2, 0.25) is 5.94 Å². The molecule has 16 heavy (non-hydrogen) atoms. The molecule has 0 amide bonds. The van der Waals surface area contributed by atoms with Crippen LogP contribution >= 0.6 is 0 Å². The highest BCUT2D eigenvalue weighted by atomic mass is 32.2. The summed E-state index contributed by atoms with van der Waals surface area (Å²) in [6.45, 7) is 6.40. The maximum atomic E-state index is 11.3. The highest BCUT2D eigenvalue weighted by Crippen LogP contribution is 2.03. The van der Waals surface area contributed by atoms with E-state index in [1.807, 2.05) is 0 Å². The van der Waals surface area contributed by atoms with Gasteiger partial charge in [-0.25, -0.2) is 4.79 Å². The van der Waals surface area contributed by atoms with Gasteiger partial charge >= 0.3 is 16.1 Å². The lowest BCUT2D eigenvalue weighted by molar-refractivity contribution is -0.137. The van der Waals surface area contributed by atoms with E-state index in [0.29, 0.717) is 0 Å². The van der Waals surface area contributed by atoms with Gasteiger partial charge in [-0.15, -0.1) is 0 Å². The zero-order chi connectivity index (χ0) is 12.8. The fourth-order valence-electron chi connectivity index (χ4n) is 0.789. The lowest BCUT2D eigenvalue weighted by Crippen LogP contribution is -2.24. The summed E-state index contributed by atoms with van der Waals surface area (Å²) in [7, 11) is -2.47. The number of ether oxygens (including phenoxy) is 2. The minimum Gasteiger partial charge on any atom is -0.443 e. The molecule has 0 heterocycles. The molecule has 0 aliphatic heterocycles. The quantitative estimate of drug-likeness (QED) is 0.372. The Morgan fingerprint density at radius 1 is 1.44 bits per heavy atom. The molecule has 0 spiro atoms. The smallest absolute Gasteiger partial charge is 0.334 e. The Hall–Kier alpha value is -0.920. The maximum Gasteiger partial charge on any atom is 0.334 e. The van der Waals surface area contributed by atoms with Crippen molar-refractivity contribution in [1.29, 1.82) is 0 Å². The average Bonchev–Trinajstić information content (AvgIpc) is 2.13. The SMILES string of the molecule is C=C(C)C(=O)OCS(=O)(=O)OC(C)COC. The van der Waals surface area contributed by atoms with E-state index in [2.05, 4.69) is 15.5 Å². The van der Waals surface area contributed by atoms with Crippen LogP contribution in [0.5, 0.6) is 0 Å². The molecule has 0 aromatic carbocycles. The molecule has 0 saturated heterocycles. The second-order valence-electron chi connectivity index (χ2n) is 3.25. The molecule has 1 atom stereocenters. The number of esters is 1. The number of carbonyl (C=O) groups is 1. The first kappa shape index (κ1) is 15.1. The van der Waals surface area contributed by atoms with Crippen LogP contribution in [0.3, 0.4) is 0 Å². The standard InChI is InChI=1S/C9H16O6S/c1-7(2)9(10)14-6-16(11,12)15-8(3)5-13-4/h8H,1,5-6H2,2-4H3. The number of hydrogen-bond acceptors (Lipinski definition) is 6. The second kappa shape index (κ2) is 6.62. The van der Waals surface area contributed by atoms with Crippen molar-refractivity contribution >= 4 is 16.1 Å². The molecular formula is C9H16O6S. The number of rotatable bonds is 7. The van der Waals surface area contributed by atoms with Gasteiger partial charge in [-0.3, -0.25) is 4.18 Å². The molecule has 6 nitrogen and oxygen atoms in total. The van der Waals surface area contributed by atoms with Crippen molar-refractivity contribution in [3.8, 4) is 0 Å². The van der Waals surface area contributed by atoms with E-state index in [4.69, 9.17) is 4.74 Å². The van der Waals surface area contributed by atoms with Gasteiger partial charge in [-0.1, -0.05) is 6.58 Å². The van der Waals surface area contributed by atoms with Crippen LogP contribution in [-0.2, 0) is 28.6 Å². The summed E-state index contributed by atoms with van der Waals surface area (Å²) in [5, 5.41) is 0. The van der Waals surface area contributed by atoms with E-state index in [-0.39, 0.29) is 12.2 Å². The minimum atomic E-state index is -3.90. The second-order valence-corrected chi connectivity index (χ2v) is 4.79. The number of carbonyl (C=O) groups excluding carboxylic acids is 1. The Morgan fingerprint density at radius 3 is 2.44 bits per heavy atom. The van der Waals surface area contributed by atoms with Crippen molar-refractivity contribution in [2.24, 2.45) is 0 Å². The molecule has 0 radical (unpaired) electrons. The molecule has 0 aromatic heterocycles. The first-order valence-electron chi connectivity index (χ1n) is 4.51. The zero-order valence-electron chi connectivity index (χ0n) is 9.56. The summed E-state index contributed by atoms with van der Waals surface area (Å²) in [5.74, 6) is -1.60. The predicted octanol–water partition coefficient (Wildman–Crippen LogP) is 0.445. The average molecular weight is 252 g/mol. The molecule has 0 aliphatic carbocycles. The fraction of sp³-hybridized carbons (Fsp3) is 0.667. The Balaban J connectivity index is 4.16. The normalized spacial score (nSPS) is 13.2. The van der Waals surface area contributed by atoms with E-state index in [1.54, 1.807) is 0 Å². The van der Waals surface area contributed by atoms with Crippen LogP contribution in [-0.4, -0.2) is 40.1 Å². The van der Waals surface area contributed by atoms with Crippen LogP contribution < -0.4 is 0 Å². The van der Waals surface area contributed by atoms with Gasteiger partial charge in [0, 0.05) is 12.7 Å². The highest BCUT2D eigenvalue weighted by Gasteiger charge is 2.18. The Bertz CT molecular complexity index is 345. The molecule has 0 bridgehead atoms. The predicted molar refractivity (Wildman–Crippen MR) is 57.1 cm³/mol. The molecule has 0 N–H and O–H groups in total. The van der Waals surface area contributed by atoms with Crippen LogP contribution in [0.15, 0.2) is 12.2 Å². The van der Waals surface area contributed by atoms with Crippen molar-refractivity contribution < 1.29 is 26.9 Å². The van der Waals surface area contributed by atoms with Gasteiger partial charge in [0.15, 0.2) is 0 Å². The van der Waals surface area contributed by atoms with Crippen molar-refractivity contribution in [2.45, 2.75) is 20.0 Å². The van der Waals surface area contributed by atoms with E-state index in [1.165, 1.54) is 21.0 Å². The topological polar surface area (TPSA) is 78.9 Å². The van der Waals surface area contributed by atoms with Crippen molar-refractivity contribution in [2.75, 3.05) is 19.7 Å². The lowest BCUT2D eigenvalue weighted by Gasteiger charge is -2.11. The molecule has 0 saturated carbocycles. The Kier molecular flexibility index (Phi) is 6.24. The summed E-state index contributed by atoms with van der Waals surface area (Å²) >= 11 is 0. The molecule has 0 aromatic rings. The van der Waals surface area contributed by atoms with E-state index in [9.17, 15) is 13.2 Å². The van der Waals surface area contributed by atoms with Gasteiger partial charge in [0.05, 0.1) is 12.7 Å². The summed E-state index contributed by atoms with van der Waals surface area (Å²) in [6.07, 6.45) is -0.626.